The zero-order valence-corrected chi connectivity index (χ0v) is 21.9. The summed E-state index contributed by atoms with van der Waals surface area (Å²) in [6.45, 7) is 7.04. The Balaban J connectivity index is 1.65. The van der Waals surface area contributed by atoms with Gasteiger partial charge in [0.15, 0.2) is 0 Å². The van der Waals surface area contributed by atoms with Gasteiger partial charge in [0.2, 0.25) is 5.91 Å². The number of benzene rings is 1. The fraction of sp³-hybridized carbons (Fsp3) is 0.621. The fourth-order valence-corrected chi connectivity index (χ4v) is 5.53. The summed E-state index contributed by atoms with van der Waals surface area (Å²) in [5.41, 5.74) is 2.12. The number of allylic oxidation sites excluding steroid dienone is 1. The van der Waals surface area contributed by atoms with Crippen molar-refractivity contribution in [3.63, 3.8) is 0 Å². The first kappa shape index (κ1) is 27.7. The summed E-state index contributed by atoms with van der Waals surface area (Å²) < 4.78 is 12.1. The maximum atomic E-state index is 12.2. The van der Waals surface area contributed by atoms with Crippen LogP contribution in [0.5, 0.6) is 0 Å². The Labute approximate surface area is 212 Å². The number of aliphatic hydroxyl groups is 1. The molecule has 0 aromatic heterocycles. The lowest BCUT2D eigenvalue weighted by atomic mass is 9.82. The maximum absolute atomic E-state index is 12.2. The van der Waals surface area contributed by atoms with Crippen molar-refractivity contribution in [2.24, 2.45) is 11.8 Å². The Bertz CT molecular complexity index is 842. The van der Waals surface area contributed by atoms with Gasteiger partial charge < -0.3 is 19.7 Å². The number of carbonyl (C=O) groups is 1. The highest BCUT2D eigenvalue weighted by Gasteiger charge is 2.50. The van der Waals surface area contributed by atoms with E-state index in [-0.39, 0.29) is 17.9 Å². The zero-order valence-electron chi connectivity index (χ0n) is 21.9. The molecule has 6 heteroatoms. The van der Waals surface area contributed by atoms with Crippen LogP contribution in [0, 0.1) is 11.8 Å². The fourth-order valence-electron chi connectivity index (χ4n) is 5.53. The molecule has 1 aliphatic heterocycles. The minimum Gasteiger partial charge on any atom is -0.411 e. The van der Waals surface area contributed by atoms with Crippen LogP contribution in [0.4, 0.5) is 0 Å². The third-order valence-electron chi connectivity index (χ3n) is 7.58. The van der Waals surface area contributed by atoms with Crippen molar-refractivity contribution in [1.29, 1.82) is 0 Å². The summed E-state index contributed by atoms with van der Waals surface area (Å²) in [7, 11) is 0.301. The predicted octanol–water partition coefficient (Wildman–Crippen LogP) is 5.04. The summed E-state index contributed by atoms with van der Waals surface area (Å²) in [5.74, 6) is 0.738. The quantitative estimate of drug-likeness (QED) is 0.289. The molecule has 2 N–H and O–H groups in total. The lowest BCUT2D eigenvalue weighted by molar-refractivity contribution is -0.121. The molecule has 2 aliphatic rings. The molecule has 192 valence electrons. The third-order valence-corrected chi connectivity index (χ3v) is 7.58. The molecule has 4 unspecified atom stereocenters. The van der Waals surface area contributed by atoms with Gasteiger partial charge in [-0.1, -0.05) is 73.9 Å². The van der Waals surface area contributed by atoms with E-state index in [0.717, 1.165) is 44.9 Å². The highest BCUT2D eigenvalue weighted by molar-refractivity contribution is 6.18. The van der Waals surface area contributed by atoms with Crippen LogP contribution in [0.2, 0.25) is 0 Å². The summed E-state index contributed by atoms with van der Waals surface area (Å²) in [6.07, 6.45) is 14.2. The molecule has 2 bridgehead atoms. The van der Waals surface area contributed by atoms with E-state index in [1.807, 2.05) is 31.2 Å². The summed E-state index contributed by atoms with van der Waals surface area (Å²) in [6, 6.07) is 10.3. The molecule has 5 nitrogen and oxygen atoms in total. The first-order chi connectivity index (χ1) is 17.0. The number of nitrogens with one attached hydrogen (secondary N) is 1. The number of unbranched alkanes of at least 4 members (excludes halogenated alkanes) is 1. The lowest BCUT2D eigenvalue weighted by Gasteiger charge is -2.36. The van der Waals surface area contributed by atoms with Crippen molar-refractivity contribution in [3.05, 3.63) is 59.7 Å². The van der Waals surface area contributed by atoms with Crippen molar-refractivity contribution in [2.75, 3.05) is 6.54 Å². The van der Waals surface area contributed by atoms with E-state index in [4.69, 9.17) is 9.31 Å². The van der Waals surface area contributed by atoms with Crippen LogP contribution in [-0.2, 0) is 20.5 Å². The van der Waals surface area contributed by atoms with Crippen LogP contribution in [0.15, 0.2) is 54.1 Å². The van der Waals surface area contributed by atoms with Gasteiger partial charge in [0.05, 0.1) is 11.7 Å². The SMILES string of the molecule is CCCCC(CC=C(C)C1CC2CC1(/C=C/[C@@H](O)CCc1ccccc1)OBO2)CC(=O)NCC. The second kappa shape index (κ2) is 14.0. The molecular weight excluding hydrogens is 437 g/mol. The number of aryl methyl sites for hydroxylation is 1. The zero-order chi connectivity index (χ0) is 25.1. The topological polar surface area (TPSA) is 67.8 Å². The maximum Gasteiger partial charge on any atom is 0.438 e. The van der Waals surface area contributed by atoms with Gasteiger partial charge in [-0.15, -0.1) is 0 Å². The molecule has 1 aromatic carbocycles. The molecule has 1 aromatic rings. The number of aliphatic hydroxyl groups excluding tert-OH is 1. The van der Waals surface area contributed by atoms with Crippen LogP contribution in [0.3, 0.4) is 0 Å². The van der Waals surface area contributed by atoms with Crippen molar-refractivity contribution in [2.45, 2.75) is 96.4 Å². The number of amides is 1. The minimum atomic E-state index is -0.504. The van der Waals surface area contributed by atoms with Gasteiger partial charge in [-0.2, -0.15) is 0 Å². The molecule has 1 aliphatic carbocycles. The standard InChI is InChI=1S/C29H44BNO4/c1-4-6-10-24(19-28(33)31-5-2)14-13-22(3)27-20-26-21-29(27,35-30-34-26)18-17-25(32)16-15-23-11-8-7-9-12-23/h7-9,11-13,17-18,24-27,30,32H,4-6,10,14-16,19-21H2,1-3H3,(H,31,33)/b18-17+,22-13?/t24?,25-,26?,27?,29?/m0/s1. The predicted molar refractivity (Wildman–Crippen MR) is 143 cm³/mol. The molecule has 1 amide bonds. The average molecular weight is 481 g/mol. The largest absolute Gasteiger partial charge is 0.438 e. The number of fused-ring (bicyclic) bond motifs is 2. The van der Waals surface area contributed by atoms with E-state index in [1.54, 1.807) is 0 Å². The first-order valence-electron chi connectivity index (χ1n) is 13.6. The second-order valence-electron chi connectivity index (χ2n) is 10.3. The molecule has 0 radical (unpaired) electrons. The molecule has 35 heavy (non-hydrogen) atoms. The van der Waals surface area contributed by atoms with Crippen molar-refractivity contribution >= 4 is 13.6 Å². The van der Waals surface area contributed by atoms with E-state index >= 15 is 0 Å². The molecule has 2 fully saturated rings. The Morgan fingerprint density at radius 2 is 2.09 bits per heavy atom. The molecular formula is C29H44BNO4. The summed E-state index contributed by atoms with van der Waals surface area (Å²) in [5, 5.41) is 13.6. The third kappa shape index (κ3) is 8.33. The van der Waals surface area contributed by atoms with Crippen LogP contribution >= 0.6 is 0 Å². The van der Waals surface area contributed by atoms with Gasteiger partial charge in [-0.05, 0) is 57.4 Å². The minimum absolute atomic E-state index is 0.150. The Morgan fingerprint density at radius 1 is 1.29 bits per heavy atom. The van der Waals surface area contributed by atoms with Gasteiger partial charge in [-0.25, -0.2) is 0 Å². The van der Waals surface area contributed by atoms with E-state index in [1.165, 1.54) is 11.1 Å². The van der Waals surface area contributed by atoms with Crippen molar-refractivity contribution in [1.82, 2.24) is 5.32 Å². The van der Waals surface area contributed by atoms with E-state index in [9.17, 15) is 9.90 Å². The second-order valence-corrected chi connectivity index (χ2v) is 10.3. The highest BCUT2D eigenvalue weighted by atomic mass is 16.6. The van der Waals surface area contributed by atoms with Gasteiger partial charge in [0.25, 0.3) is 0 Å². The van der Waals surface area contributed by atoms with Gasteiger partial charge >= 0.3 is 7.69 Å². The van der Waals surface area contributed by atoms with Gasteiger partial charge in [-0.3, -0.25) is 4.79 Å². The van der Waals surface area contributed by atoms with Crippen LogP contribution in [0.1, 0.15) is 77.7 Å². The molecule has 1 saturated heterocycles. The van der Waals surface area contributed by atoms with E-state index < -0.39 is 11.7 Å². The number of rotatable bonds is 14. The molecule has 1 saturated carbocycles. The number of carbonyl (C=O) groups excluding carboxylic acids is 1. The van der Waals surface area contributed by atoms with Crippen molar-refractivity contribution < 1.29 is 19.2 Å². The average Bonchev–Trinajstić information content (AvgIpc) is 3.13. The molecule has 1 heterocycles. The van der Waals surface area contributed by atoms with Gasteiger partial charge in [0, 0.05) is 31.4 Å². The molecule has 3 rings (SSSR count). The Hall–Kier alpha value is -1.89. The monoisotopic (exact) mass is 481 g/mol. The molecule has 0 spiro atoms. The van der Waals surface area contributed by atoms with Crippen LogP contribution < -0.4 is 5.32 Å². The van der Waals surface area contributed by atoms with Crippen LogP contribution in [-0.4, -0.2) is 43.1 Å². The van der Waals surface area contributed by atoms with Crippen molar-refractivity contribution in [3.8, 4) is 0 Å². The number of hydrogen-bond acceptors (Lipinski definition) is 4. The lowest BCUT2D eigenvalue weighted by Crippen LogP contribution is -2.40. The normalized spacial score (nSPS) is 25.9. The van der Waals surface area contributed by atoms with Gasteiger partial charge in [0.1, 0.15) is 0 Å². The molecule has 5 atom stereocenters. The first-order valence-corrected chi connectivity index (χ1v) is 13.6. The van der Waals surface area contributed by atoms with E-state index in [2.05, 4.69) is 43.4 Å². The summed E-state index contributed by atoms with van der Waals surface area (Å²) >= 11 is 0. The highest BCUT2D eigenvalue weighted by Crippen LogP contribution is 2.47. The number of hydrogen-bond donors (Lipinski definition) is 2. The van der Waals surface area contributed by atoms with Crippen LogP contribution in [0.25, 0.3) is 0 Å². The Morgan fingerprint density at radius 3 is 2.83 bits per heavy atom. The van der Waals surface area contributed by atoms with E-state index in [0.29, 0.717) is 33.0 Å². The summed E-state index contributed by atoms with van der Waals surface area (Å²) in [4.78, 5) is 12.2. The Kier molecular flexibility index (Phi) is 11.1. The smallest absolute Gasteiger partial charge is 0.411 e.